The van der Waals surface area contributed by atoms with Gasteiger partial charge in [-0.25, -0.2) is 0 Å². The van der Waals surface area contributed by atoms with E-state index >= 15 is 0 Å². The molecule has 17 heavy (non-hydrogen) atoms. The van der Waals surface area contributed by atoms with Crippen LogP contribution in [0.4, 0.5) is 0 Å². The van der Waals surface area contributed by atoms with Crippen molar-refractivity contribution in [2.24, 2.45) is 0 Å². The summed E-state index contributed by atoms with van der Waals surface area (Å²) in [5, 5.41) is 19.1. The molecule has 4 nitrogen and oxygen atoms in total. The Kier molecular flexibility index (Phi) is 4.59. The molecular formula is C13H21NO3. The molecule has 0 radical (unpaired) electrons. The van der Waals surface area contributed by atoms with Crippen LogP contribution in [0.1, 0.15) is 37.5 Å². The fourth-order valence-corrected chi connectivity index (χ4v) is 2.57. The molecule has 2 atom stereocenters. The van der Waals surface area contributed by atoms with Gasteiger partial charge in [0.2, 0.25) is 0 Å². The zero-order valence-corrected chi connectivity index (χ0v) is 10.1. The highest BCUT2D eigenvalue weighted by molar-refractivity contribution is 5.02. The first kappa shape index (κ1) is 12.6. The van der Waals surface area contributed by atoms with E-state index in [0.29, 0.717) is 18.3 Å². The third kappa shape index (κ3) is 3.31. The third-order valence-corrected chi connectivity index (χ3v) is 3.49. The van der Waals surface area contributed by atoms with Crippen molar-refractivity contribution in [1.82, 2.24) is 4.90 Å². The third-order valence-electron chi connectivity index (χ3n) is 3.49. The lowest BCUT2D eigenvalue weighted by atomic mass is 9.99. The van der Waals surface area contributed by atoms with Gasteiger partial charge in [-0.2, -0.15) is 0 Å². The Balaban J connectivity index is 1.91. The number of nitrogens with zero attached hydrogens (tertiary/aromatic N) is 1. The van der Waals surface area contributed by atoms with Crippen LogP contribution in [0.2, 0.25) is 0 Å². The molecule has 2 rings (SSSR count). The maximum Gasteiger partial charge on any atom is 0.133 e. The fraction of sp³-hybridized carbons (Fsp3) is 0.692. The van der Waals surface area contributed by atoms with Gasteiger partial charge in [0.25, 0.3) is 0 Å². The lowest BCUT2D eigenvalue weighted by Gasteiger charge is -2.36. The summed E-state index contributed by atoms with van der Waals surface area (Å²) in [6.45, 7) is 1.82. The maximum absolute atomic E-state index is 10.0. The molecule has 0 aromatic carbocycles. The molecule has 2 unspecified atom stereocenters. The Morgan fingerprint density at radius 1 is 1.47 bits per heavy atom. The molecule has 1 aromatic rings. The maximum atomic E-state index is 10.0. The highest BCUT2D eigenvalue weighted by atomic mass is 16.4. The molecule has 0 spiro atoms. The second-order valence-electron chi connectivity index (χ2n) is 4.69. The van der Waals surface area contributed by atoms with Crippen LogP contribution in [0.3, 0.4) is 0 Å². The first-order valence-electron chi connectivity index (χ1n) is 6.37. The number of aliphatic hydroxyl groups is 2. The van der Waals surface area contributed by atoms with E-state index in [1.54, 1.807) is 18.4 Å². The predicted octanol–water partition coefficient (Wildman–Crippen LogP) is 1.55. The second kappa shape index (κ2) is 6.19. The number of likely N-dealkylation sites (tertiary alicyclic amines) is 1. The molecule has 1 fully saturated rings. The zero-order chi connectivity index (χ0) is 12.1. The second-order valence-corrected chi connectivity index (χ2v) is 4.69. The first-order valence-corrected chi connectivity index (χ1v) is 6.37. The number of hydrogen-bond donors (Lipinski definition) is 2. The van der Waals surface area contributed by atoms with E-state index in [2.05, 4.69) is 4.90 Å². The molecule has 1 aromatic heterocycles. The largest absolute Gasteiger partial charge is 0.467 e. The van der Waals surface area contributed by atoms with E-state index in [9.17, 15) is 5.11 Å². The molecule has 96 valence electrons. The molecule has 2 N–H and O–H groups in total. The van der Waals surface area contributed by atoms with E-state index in [4.69, 9.17) is 9.52 Å². The minimum atomic E-state index is -0.565. The van der Waals surface area contributed by atoms with E-state index in [1.807, 2.05) is 0 Å². The fourth-order valence-electron chi connectivity index (χ4n) is 2.57. The Labute approximate surface area is 102 Å². The van der Waals surface area contributed by atoms with Crippen LogP contribution in [0.15, 0.2) is 22.8 Å². The Morgan fingerprint density at radius 3 is 3.06 bits per heavy atom. The molecule has 1 saturated heterocycles. The molecule has 1 aliphatic heterocycles. The Hall–Kier alpha value is -0.840. The molecule has 1 aliphatic rings. The molecule has 2 heterocycles. The van der Waals surface area contributed by atoms with Crippen LogP contribution in [0, 0.1) is 0 Å². The van der Waals surface area contributed by atoms with E-state index < -0.39 is 6.10 Å². The lowest BCUT2D eigenvalue weighted by molar-refractivity contribution is 0.0467. The molecule has 0 saturated carbocycles. The monoisotopic (exact) mass is 239 g/mol. The van der Waals surface area contributed by atoms with Crippen molar-refractivity contribution in [2.45, 2.75) is 37.8 Å². The summed E-state index contributed by atoms with van der Waals surface area (Å²) in [4.78, 5) is 2.27. The van der Waals surface area contributed by atoms with Gasteiger partial charge in [0.15, 0.2) is 0 Å². The highest BCUT2D eigenvalue weighted by Gasteiger charge is 2.25. The van der Waals surface area contributed by atoms with Gasteiger partial charge >= 0.3 is 0 Å². The average molecular weight is 239 g/mol. The molecule has 0 aliphatic carbocycles. The molecule has 0 bridgehead atoms. The number of β-amino-alcohol motifs (C(OH)–C–C–N with tert-alkyl or cyclic N) is 1. The van der Waals surface area contributed by atoms with Crippen molar-refractivity contribution >= 4 is 0 Å². The van der Waals surface area contributed by atoms with Crippen LogP contribution in [0.5, 0.6) is 0 Å². The van der Waals surface area contributed by atoms with E-state index in [0.717, 1.165) is 19.4 Å². The van der Waals surface area contributed by atoms with Gasteiger partial charge in [0.05, 0.1) is 6.26 Å². The van der Waals surface area contributed by atoms with Gasteiger partial charge in [0, 0.05) is 19.2 Å². The minimum Gasteiger partial charge on any atom is -0.467 e. The van der Waals surface area contributed by atoms with Crippen LogP contribution in [0.25, 0.3) is 0 Å². The Bertz CT molecular complexity index is 310. The number of aliphatic hydroxyl groups excluding tert-OH is 2. The summed E-state index contributed by atoms with van der Waals surface area (Å²) in [7, 11) is 0. The van der Waals surface area contributed by atoms with Crippen LogP contribution >= 0.6 is 0 Å². The van der Waals surface area contributed by atoms with E-state index in [-0.39, 0.29) is 6.61 Å². The van der Waals surface area contributed by atoms with Crippen LogP contribution in [-0.2, 0) is 0 Å². The van der Waals surface area contributed by atoms with Gasteiger partial charge in [0.1, 0.15) is 11.9 Å². The smallest absolute Gasteiger partial charge is 0.133 e. The van der Waals surface area contributed by atoms with Crippen molar-refractivity contribution in [3.63, 3.8) is 0 Å². The lowest BCUT2D eigenvalue weighted by Crippen LogP contribution is -2.42. The normalized spacial score (nSPS) is 23.8. The van der Waals surface area contributed by atoms with Crippen LogP contribution in [-0.4, -0.2) is 40.9 Å². The van der Waals surface area contributed by atoms with Crippen molar-refractivity contribution in [3.8, 4) is 0 Å². The molecular weight excluding hydrogens is 218 g/mol. The summed E-state index contributed by atoms with van der Waals surface area (Å²) in [6, 6.07) is 3.99. The van der Waals surface area contributed by atoms with Gasteiger partial charge in [-0.15, -0.1) is 0 Å². The summed E-state index contributed by atoms with van der Waals surface area (Å²) >= 11 is 0. The number of piperidine rings is 1. The van der Waals surface area contributed by atoms with Crippen molar-refractivity contribution in [1.29, 1.82) is 0 Å². The van der Waals surface area contributed by atoms with Crippen molar-refractivity contribution < 1.29 is 14.6 Å². The van der Waals surface area contributed by atoms with Gasteiger partial charge in [-0.3, -0.25) is 4.90 Å². The van der Waals surface area contributed by atoms with Crippen LogP contribution < -0.4 is 0 Å². The standard InChI is InChI=1S/C13H21NO3/c15-8-6-11-4-1-2-7-14(11)10-12(16)13-5-3-9-17-13/h3,5,9,11-12,15-16H,1-2,4,6-8,10H2. The van der Waals surface area contributed by atoms with E-state index in [1.165, 1.54) is 12.8 Å². The van der Waals surface area contributed by atoms with Gasteiger partial charge < -0.3 is 14.6 Å². The van der Waals surface area contributed by atoms with Gasteiger partial charge in [-0.1, -0.05) is 6.42 Å². The SMILES string of the molecule is OCCC1CCCCN1CC(O)c1ccco1. The average Bonchev–Trinajstić information content (AvgIpc) is 2.85. The number of hydrogen-bond acceptors (Lipinski definition) is 4. The Morgan fingerprint density at radius 2 is 2.35 bits per heavy atom. The molecule has 0 amide bonds. The summed E-state index contributed by atoms with van der Waals surface area (Å²) in [6.07, 6.45) is 5.32. The minimum absolute atomic E-state index is 0.220. The van der Waals surface area contributed by atoms with Gasteiger partial charge in [-0.05, 0) is 37.9 Å². The summed E-state index contributed by atoms with van der Waals surface area (Å²) in [5.41, 5.74) is 0. The first-order chi connectivity index (χ1) is 8.31. The zero-order valence-electron chi connectivity index (χ0n) is 10.1. The predicted molar refractivity (Wildman–Crippen MR) is 64.6 cm³/mol. The summed E-state index contributed by atoms with van der Waals surface area (Å²) in [5.74, 6) is 0.623. The number of furan rings is 1. The highest BCUT2D eigenvalue weighted by Crippen LogP contribution is 2.23. The molecule has 4 heteroatoms. The quantitative estimate of drug-likeness (QED) is 0.818. The van der Waals surface area contributed by atoms with Crippen molar-refractivity contribution in [3.05, 3.63) is 24.2 Å². The summed E-state index contributed by atoms with van der Waals surface area (Å²) < 4.78 is 5.21. The topological polar surface area (TPSA) is 56.8 Å². The van der Waals surface area contributed by atoms with Crippen molar-refractivity contribution in [2.75, 3.05) is 19.7 Å². The number of rotatable bonds is 5.